The molecule has 2 heterocycles. The molecule has 5 heteroatoms. The number of nitrogens with zero attached hydrogens (tertiary/aromatic N) is 1. The number of likely N-dealkylation sites (tertiary alicyclic amines) is 1. The van der Waals surface area contributed by atoms with Gasteiger partial charge in [-0.05, 0) is 68.5 Å². The second-order valence-electron chi connectivity index (χ2n) is 8.96. The summed E-state index contributed by atoms with van der Waals surface area (Å²) in [5.74, 6) is 0.996. The van der Waals surface area contributed by atoms with E-state index >= 15 is 0 Å². The van der Waals surface area contributed by atoms with E-state index in [1.165, 1.54) is 38.5 Å². The molecule has 168 valence electrons. The molecule has 1 amide bonds. The zero-order valence-electron chi connectivity index (χ0n) is 18.7. The molecular formula is C25H40N2O3. The van der Waals surface area contributed by atoms with E-state index < -0.39 is 6.10 Å². The minimum atomic E-state index is -0.702. The van der Waals surface area contributed by atoms with Crippen LogP contribution in [0.5, 0.6) is 5.75 Å². The molecule has 0 saturated carbocycles. The third kappa shape index (κ3) is 6.98. The van der Waals surface area contributed by atoms with E-state index in [2.05, 4.69) is 23.2 Å². The van der Waals surface area contributed by atoms with Gasteiger partial charge in [-0.2, -0.15) is 0 Å². The molecule has 0 bridgehead atoms. The number of aryl methyl sites for hydroxylation is 1. The number of rotatable bonds is 12. The first-order chi connectivity index (χ1) is 14.7. The summed E-state index contributed by atoms with van der Waals surface area (Å²) in [7, 11) is 0. The normalized spacial score (nSPS) is 18.5. The Morgan fingerprint density at radius 3 is 2.70 bits per heavy atom. The second kappa shape index (κ2) is 12.3. The maximum atomic E-state index is 12.6. The highest BCUT2D eigenvalue weighted by molar-refractivity contribution is 5.76. The lowest BCUT2D eigenvalue weighted by atomic mass is 9.96. The molecule has 2 atom stereocenters. The SMILES string of the molecule is CCCCCCCCC(=O)N[C@H](CN1CCCC1)[C@H](O)c1ccc2c(c1)CCCO2. The van der Waals surface area contributed by atoms with Crippen molar-refractivity contribution >= 4 is 5.91 Å². The molecule has 1 aromatic carbocycles. The quantitative estimate of drug-likeness (QED) is 0.497. The predicted molar refractivity (Wildman–Crippen MR) is 121 cm³/mol. The van der Waals surface area contributed by atoms with Gasteiger partial charge in [0.05, 0.1) is 12.6 Å². The van der Waals surface area contributed by atoms with Crippen LogP contribution in [0.3, 0.4) is 0 Å². The maximum absolute atomic E-state index is 12.6. The number of nitrogens with one attached hydrogen (secondary N) is 1. The minimum absolute atomic E-state index is 0.0648. The smallest absolute Gasteiger partial charge is 0.220 e. The number of fused-ring (bicyclic) bond motifs is 1. The van der Waals surface area contributed by atoms with Crippen LogP contribution in [-0.2, 0) is 11.2 Å². The lowest BCUT2D eigenvalue weighted by molar-refractivity contribution is -0.123. The number of aliphatic hydroxyl groups is 1. The average Bonchev–Trinajstić information content (AvgIpc) is 3.28. The fourth-order valence-corrected chi connectivity index (χ4v) is 4.61. The molecule has 1 fully saturated rings. The van der Waals surface area contributed by atoms with Gasteiger partial charge in [0.15, 0.2) is 0 Å². The van der Waals surface area contributed by atoms with Crippen LogP contribution < -0.4 is 10.1 Å². The van der Waals surface area contributed by atoms with Crippen molar-refractivity contribution in [3.05, 3.63) is 29.3 Å². The van der Waals surface area contributed by atoms with Crippen molar-refractivity contribution in [1.82, 2.24) is 10.2 Å². The fourth-order valence-electron chi connectivity index (χ4n) is 4.61. The lowest BCUT2D eigenvalue weighted by Gasteiger charge is -2.29. The Morgan fingerprint density at radius 2 is 1.90 bits per heavy atom. The van der Waals surface area contributed by atoms with Crippen LogP contribution >= 0.6 is 0 Å². The molecule has 1 aromatic rings. The molecule has 0 aliphatic carbocycles. The lowest BCUT2D eigenvalue weighted by Crippen LogP contribution is -2.46. The third-order valence-electron chi connectivity index (χ3n) is 6.41. The highest BCUT2D eigenvalue weighted by Crippen LogP contribution is 2.29. The number of carbonyl (C=O) groups is 1. The summed E-state index contributed by atoms with van der Waals surface area (Å²) >= 11 is 0. The number of aliphatic hydroxyl groups excluding tert-OH is 1. The van der Waals surface area contributed by atoms with Crippen LogP contribution in [-0.4, -0.2) is 48.2 Å². The first kappa shape index (κ1) is 23.1. The Balaban J connectivity index is 1.57. The van der Waals surface area contributed by atoms with Crippen LogP contribution in [0.25, 0.3) is 0 Å². The monoisotopic (exact) mass is 416 g/mol. The van der Waals surface area contributed by atoms with Crippen molar-refractivity contribution in [3.8, 4) is 5.75 Å². The summed E-state index contributed by atoms with van der Waals surface area (Å²) in [5, 5.41) is 14.3. The number of ether oxygens (including phenoxy) is 1. The van der Waals surface area contributed by atoms with Crippen LogP contribution in [0.15, 0.2) is 18.2 Å². The number of carbonyl (C=O) groups excluding carboxylic acids is 1. The van der Waals surface area contributed by atoms with E-state index in [0.29, 0.717) is 13.0 Å². The van der Waals surface area contributed by atoms with E-state index in [0.717, 1.165) is 62.3 Å². The van der Waals surface area contributed by atoms with Crippen molar-refractivity contribution in [2.45, 2.75) is 89.7 Å². The zero-order valence-corrected chi connectivity index (χ0v) is 18.7. The predicted octanol–water partition coefficient (Wildman–Crippen LogP) is 4.38. The molecular weight excluding hydrogens is 376 g/mol. The first-order valence-corrected chi connectivity index (χ1v) is 12.1. The fraction of sp³-hybridized carbons (Fsp3) is 0.720. The molecule has 2 aliphatic rings. The molecule has 1 saturated heterocycles. The molecule has 0 radical (unpaired) electrons. The molecule has 30 heavy (non-hydrogen) atoms. The van der Waals surface area contributed by atoms with E-state index in [9.17, 15) is 9.90 Å². The Morgan fingerprint density at radius 1 is 1.13 bits per heavy atom. The summed E-state index contributed by atoms with van der Waals surface area (Å²) in [5.41, 5.74) is 2.04. The first-order valence-electron chi connectivity index (χ1n) is 12.1. The summed E-state index contributed by atoms with van der Waals surface area (Å²) in [6.45, 7) is 5.79. The largest absolute Gasteiger partial charge is 0.493 e. The summed E-state index contributed by atoms with van der Waals surface area (Å²) < 4.78 is 5.71. The Hall–Kier alpha value is -1.59. The maximum Gasteiger partial charge on any atom is 0.220 e. The number of amides is 1. The van der Waals surface area contributed by atoms with Crippen molar-refractivity contribution in [2.75, 3.05) is 26.2 Å². The van der Waals surface area contributed by atoms with Crippen molar-refractivity contribution in [3.63, 3.8) is 0 Å². The van der Waals surface area contributed by atoms with Gasteiger partial charge in [-0.1, -0.05) is 45.1 Å². The van der Waals surface area contributed by atoms with Gasteiger partial charge in [0.25, 0.3) is 0 Å². The Labute approximate surface area is 182 Å². The van der Waals surface area contributed by atoms with Crippen molar-refractivity contribution in [1.29, 1.82) is 0 Å². The van der Waals surface area contributed by atoms with E-state index in [-0.39, 0.29) is 11.9 Å². The Bertz CT molecular complexity index is 658. The highest BCUT2D eigenvalue weighted by atomic mass is 16.5. The molecule has 0 unspecified atom stereocenters. The van der Waals surface area contributed by atoms with Crippen LogP contribution in [0.2, 0.25) is 0 Å². The van der Waals surface area contributed by atoms with Crippen molar-refractivity contribution in [2.24, 2.45) is 0 Å². The topological polar surface area (TPSA) is 61.8 Å². The van der Waals surface area contributed by atoms with Crippen LogP contribution in [0.1, 0.15) is 88.4 Å². The van der Waals surface area contributed by atoms with Gasteiger partial charge >= 0.3 is 0 Å². The number of hydrogen-bond acceptors (Lipinski definition) is 4. The number of benzene rings is 1. The van der Waals surface area contributed by atoms with Crippen LogP contribution in [0.4, 0.5) is 0 Å². The molecule has 2 N–H and O–H groups in total. The number of hydrogen-bond donors (Lipinski definition) is 2. The van der Waals surface area contributed by atoms with Gasteiger partial charge in [-0.3, -0.25) is 4.79 Å². The van der Waals surface area contributed by atoms with Gasteiger partial charge in [-0.15, -0.1) is 0 Å². The minimum Gasteiger partial charge on any atom is -0.493 e. The highest BCUT2D eigenvalue weighted by Gasteiger charge is 2.27. The molecule has 3 rings (SSSR count). The van der Waals surface area contributed by atoms with Gasteiger partial charge in [-0.25, -0.2) is 0 Å². The van der Waals surface area contributed by atoms with Crippen molar-refractivity contribution < 1.29 is 14.6 Å². The van der Waals surface area contributed by atoms with Crippen LogP contribution in [0, 0.1) is 0 Å². The molecule has 0 aromatic heterocycles. The summed E-state index contributed by atoms with van der Waals surface area (Å²) in [4.78, 5) is 15.0. The van der Waals surface area contributed by atoms with E-state index in [1.807, 2.05) is 12.1 Å². The standard InChI is InChI=1S/C25H40N2O3/c1-2-3-4-5-6-7-12-24(28)26-22(19-27-15-8-9-16-27)25(29)21-13-14-23-20(18-21)11-10-17-30-23/h13-14,18,22,25,29H,2-12,15-17,19H2,1H3,(H,26,28)/t22-,25-/m1/s1. The van der Waals surface area contributed by atoms with E-state index in [4.69, 9.17) is 4.74 Å². The zero-order chi connectivity index (χ0) is 21.2. The molecule has 2 aliphatic heterocycles. The average molecular weight is 417 g/mol. The summed E-state index contributed by atoms with van der Waals surface area (Å²) in [6.07, 6.45) is 11.3. The van der Waals surface area contributed by atoms with Gasteiger partial charge in [0, 0.05) is 13.0 Å². The molecule has 0 spiro atoms. The van der Waals surface area contributed by atoms with Gasteiger partial charge in [0.2, 0.25) is 5.91 Å². The Kier molecular flexibility index (Phi) is 9.47. The third-order valence-corrected chi connectivity index (χ3v) is 6.41. The molecule has 5 nitrogen and oxygen atoms in total. The van der Waals surface area contributed by atoms with E-state index in [1.54, 1.807) is 0 Å². The summed E-state index contributed by atoms with van der Waals surface area (Å²) in [6, 6.07) is 5.71. The number of unbranched alkanes of at least 4 members (excludes halogenated alkanes) is 5. The second-order valence-corrected chi connectivity index (χ2v) is 8.96. The van der Waals surface area contributed by atoms with Gasteiger partial charge < -0.3 is 20.1 Å². The van der Waals surface area contributed by atoms with Gasteiger partial charge in [0.1, 0.15) is 11.9 Å².